The summed E-state index contributed by atoms with van der Waals surface area (Å²) < 4.78 is 0. The average Bonchev–Trinajstić information content (AvgIpc) is 2.82. The van der Waals surface area contributed by atoms with Gasteiger partial charge < -0.3 is 10.4 Å². The zero-order valence-electron chi connectivity index (χ0n) is 19.7. The first kappa shape index (κ1) is 23.3. The molecule has 4 heteroatoms. The average molecular weight is 446 g/mol. The van der Waals surface area contributed by atoms with Gasteiger partial charge in [-0.25, -0.2) is 0 Å². The van der Waals surface area contributed by atoms with E-state index in [4.69, 9.17) is 5.11 Å². The molecular formula is C29H35NO3. The van der Waals surface area contributed by atoms with Gasteiger partial charge in [0, 0.05) is 18.0 Å². The highest BCUT2D eigenvalue weighted by Gasteiger charge is 2.57. The van der Waals surface area contributed by atoms with Crippen LogP contribution in [0, 0.1) is 23.2 Å². The number of rotatable bonds is 9. The van der Waals surface area contributed by atoms with Gasteiger partial charge in [0.25, 0.3) is 5.91 Å². The molecule has 5 rings (SSSR count). The Bertz CT molecular complexity index is 993. The van der Waals surface area contributed by atoms with E-state index in [9.17, 15) is 9.59 Å². The molecule has 2 N–H and O–H groups in total. The Morgan fingerprint density at radius 3 is 2.36 bits per heavy atom. The Balaban J connectivity index is 1.39. The molecular weight excluding hydrogens is 410 g/mol. The Morgan fingerprint density at radius 1 is 1.00 bits per heavy atom. The third-order valence-electron chi connectivity index (χ3n) is 8.03. The number of hydrogen-bond acceptors (Lipinski definition) is 2. The number of allylic oxidation sites excluding steroid dienone is 2. The van der Waals surface area contributed by atoms with Crippen molar-refractivity contribution in [2.24, 2.45) is 23.2 Å². The van der Waals surface area contributed by atoms with Gasteiger partial charge in [-0.15, -0.1) is 0 Å². The number of fused-ring (bicyclic) bond motifs is 2. The summed E-state index contributed by atoms with van der Waals surface area (Å²) >= 11 is 0. The van der Waals surface area contributed by atoms with Crippen molar-refractivity contribution in [3.63, 3.8) is 0 Å². The summed E-state index contributed by atoms with van der Waals surface area (Å²) in [4.78, 5) is 23.8. The summed E-state index contributed by atoms with van der Waals surface area (Å²) in [5.74, 6) is 0.981. The summed E-state index contributed by atoms with van der Waals surface area (Å²) in [5, 5.41) is 12.2. The van der Waals surface area contributed by atoms with Crippen LogP contribution in [0.25, 0.3) is 11.1 Å². The standard InChI is InChI=1S/C29H35NO3/c1-29(2)23-18-25(29)24(12-8-3-4-9-13-27(31)32)26(19-23)30-28(33)22-16-14-21(15-17-22)20-10-6-5-7-11-20/h3,5-8,10-11,14-17,23-26H,4,9,12-13,18-19H2,1-2H3,(H,30,33)(H,31,32)/b8-3-/t23-,24-,25+,26-/m1/s1. The Labute approximate surface area is 197 Å². The van der Waals surface area contributed by atoms with Crippen LogP contribution < -0.4 is 5.32 Å². The Kier molecular flexibility index (Phi) is 7.02. The quantitative estimate of drug-likeness (QED) is 0.350. The van der Waals surface area contributed by atoms with E-state index in [1.165, 1.54) is 6.42 Å². The van der Waals surface area contributed by atoms with Gasteiger partial charge in [-0.2, -0.15) is 0 Å². The molecule has 3 aliphatic rings. The zero-order chi connectivity index (χ0) is 23.4. The van der Waals surface area contributed by atoms with Gasteiger partial charge in [-0.05, 0) is 78.5 Å². The molecule has 0 radical (unpaired) electrons. The number of carboxylic acids is 1. The molecule has 0 aliphatic heterocycles. The predicted molar refractivity (Wildman–Crippen MR) is 132 cm³/mol. The topological polar surface area (TPSA) is 66.4 Å². The molecule has 3 aliphatic carbocycles. The number of aliphatic carboxylic acids is 1. The lowest BCUT2D eigenvalue weighted by atomic mass is 9.44. The van der Waals surface area contributed by atoms with Gasteiger partial charge in [0.2, 0.25) is 0 Å². The first-order valence-electron chi connectivity index (χ1n) is 12.2. The van der Waals surface area contributed by atoms with Crippen molar-refractivity contribution < 1.29 is 14.7 Å². The van der Waals surface area contributed by atoms with Crippen molar-refractivity contribution in [3.05, 3.63) is 72.3 Å². The maximum absolute atomic E-state index is 13.1. The molecule has 0 saturated heterocycles. The molecule has 0 aromatic heterocycles. The van der Waals surface area contributed by atoms with Crippen LogP contribution in [0.5, 0.6) is 0 Å². The van der Waals surface area contributed by atoms with Crippen LogP contribution in [0.2, 0.25) is 0 Å². The molecule has 4 atom stereocenters. The van der Waals surface area contributed by atoms with Gasteiger partial charge in [-0.3, -0.25) is 9.59 Å². The van der Waals surface area contributed by atoms with E-state index in [0.717, 1.165) is 30.4 Å². The van der Waals surface area contributed by atoms with Crippen LogP contribution >= 0.6 is 0 Å². The largest absolute Gasteiger partial charge is 0.481 e. The number of carbonyl (C=O) groups excluding carboxylic acids is 1. The molecule has 4 nitrogen and oxygen atoms in total. The van der Waals surface area contributed by atoms with Crippen molar-refractivity contribution in [3.8, 4) is 11.1 Å². The van der Waals surface area contributed by atoms with Crippen LogP contribution in [-0.4, -0.2) is 23.0 Å². The molecule has 33 heavy (non-hydrogen) atoms. The van der Waals surface area contributed by atoms with Crippen LogP contribution in [-0.2, 0) is 4.79 Å². The fraction of sp³-hybridized carbons (Fsp3) is 0.448. The normalized spacial score (nSPS) is 25.4. The maximum atomic E-state index is 13.1. The smallest absolute Gasteiger partial charge is 0.303 e. The van der Waals surface area contributed by atoms with Crippen molar-refractivity contribution >= 4 is 11.9 Å². The van der Waals surface area contributed by atoms with Gasteiger partial charge in [-0.1, -0.05) is 68.5 Å². The van der Waals surface area contributed by atoms with E-state index in [1.54, 1.807) is 0 Å². The van der Waals surface area contributed by atoms with Crippen molar-refractivity contribution in [1.29, 1.82) is 0 Å². The van der Waals surface area contributed by atoms with Gasteiger partial charge in [0.1, 0.15) is 0 Å². The third kappa shape index (κ3) is 5.21. The number of carbonyl (C=O) groups is 2. The summed E-state index contributed by atoms with van der Waals surface area (Å²) in [6.07, 6.45) is 9.22. The molecule has 3 saturated carbocycles. The predicted octanol–water partition coefficient (Wildman–Crippen LogP) is 6.34. The summed E-state index contributed by atoms with van der Waals surface area (Å²) in [6.45, 7) is 4.74. The fourth-order valence-electron chi connectivity index (χ4n) is 5.88. The minimum atomic E-state index is -0.738. The highest BCUT2D eigenvalue weighted by atomic mass is 16.4. The monoisotopic (exact) mass is 445 g/mol. The molecule has 2 bridgehead atoms. The van der Waals surface area contributed by atoms with Gasteiger partial charge in [0.05, 0.1) is 0 Å². The van der Waals surface area contributed by atoms with Gasteiger partial charge in [0.15, 0.2) is 0 Å². The van der Waals surface area contributed by atoms with E-state index in [1.807, 2.05) is 42.5 Å². The van der Waals surface area contributed by atoms with Gasteiger partial charge >= 0.3 is 5.97 Å². The molecule has 1 amide bonds. The first-order chi connectivity index (χ1) is 15.9. The summed E-state index contributed by atoms with van der Waals surface area (Å²) in [7, 11) is 0. The molecule has 174 valence electrons. The van der Waals surface area contributed by atoms with Crippen LogP contribution in [0.15, 0.2) is 66.7 Å². The van der Waals surface area contributed by atoms with Crippen LogP contribution in [0.3, 0.4) is 0 Å². The number of carboxylic acid groups (broad SMARTS) is 1. The second-order valence-electron chi connectivity index (χ2n) is 10.3. The lowest BCUT2D eigenvalue weighted by molar-refractivity contribution is -0.137. The van der Waals surface area contributed by atoms with E-state index in [-0.39, 0.29) is 18.4 Å². The summed E-state index contributed by atoms with van der Waals surface area (Å²) in [5.41, 5.74) is 3.30. The zero-order valence-corrected chi connectivity index (χ0v) is 19.7. The second kappa shape index (κ2) is 9.94. The van der Waals surface area contributed by atoms with Crippen LogP contribution in [0.4, 0.5) is 0 Å². The molecule has 0 unspecified atom stereocenters. The second-order valence-corrected chi connectivity index (χ2v) is 10.3. The minimum absolute atomic E-state index is 0.00848. The Hall–Kier alpha value is -2.88. The Morgan fingerprint density at radius 2 is 1.70 bits per heavy atom. The van der Waals surface area contributed by atoms with Crippen molar-refractivity contribution in [2.45, 2.75) is 58.4 Å². The third-order valence-corrected chi connectivity index (χ3v) is 8.03. The number of nitrogens with one attached hydrogen (secondary N) is 1. The fourth-order valence-corrected chi connectivity index (χ4v) is 5.88. The van der Waals surface area contributed by atoms with E-state index < -0.39 is 5.97 Å². The molecule has 2 aromatic carbocycles. The maximum Gasteiger partial charge on any atom is 0.303 e. The first-order valence-corrected chi connectivity index (χ1v) is 12.2. The number of amides is 1. The molecule has 2 aromatic rings. The lowest BCUT2D eigenvalue weighted by Crippen LogP contribution is -2.61. The molecule has 3 fully saturated rings. The number of unbranched alkanes of at least 4 members (excludes halogenated alkanes) is 1. The van der Waals surface area contributed by atoms with E-state index in [2.05, 4.69) is 43.4 Å². The molecule has 0 heterocycles. The van der Waals surface area contributed by atoms with Crippen molar-refractivity contribution in [1.82, 2.24) is 5.32 Å². The van der Waals surface area contributed by atoms with Crippen LogP contribution in [0.1, 0.15) is 62.7 Å². The number of hydrogen-bond donors (Lipinski definition) is 2. The van der Waals surface area contributed by atoms with Crippen molar-refractivity contribution in [2.75, 3.05) is 0 Å². The minimum Gasteiger partial charge on any atom is -0.481 e. The van der Waals surface area contributed by atoms with E-state index in [0.29, 0.717) is 35.2 Å². The SMILES string of the molecule is CC1(C)[C@H]2C[C@@H](NC(=O)c3ccc(-c4ccccc4)cc3)[C@H](C/C=C\CCCC(=O)O)[C@@H]1C2. The highest BCUT2D eigenvalue weighted by molar-refractivity contribution is 5.95. The summed E-state index contributed by atoms with van der Waals surface area (Å²) in [6, 6.07) is 18.3. The van der Waals surface area contributed by atoms with E-state index >= 15 is 0 Å². The highest BCUT2D eigenvalue weighted by Crippen LogP contribution is 2.62. The number of benzene rings is 2. The molecule has 0 spiro atoms. The lowest BCUT2D eigenvalue weighted by Gasteiger charge is -2.62.